The van der Waals surface area contributed by atoms with Gasteiger partial charge in [-0.25, -0.2) is 0 Å². The van der Waals surface area contributed by atoms with Crippen LogP contribution in [0.5, 0.6) is 0 Å². The molecule has 19 heavy (non-hydrogen) atoms. The van der Waals surface area contributed by atoms with Gasteiger partial charge in [0.1, 0.15) is 0 Å². The van der Waals surface area contributed by atoms with Crippen molar-refractivity contribution in [1.29, 1.82) is 0 Å². The normalized spacial score (nSPS) is 12.4. The van der Waals surface area contributed by atoms with Crippen LogP contribution in [0.1, 0.15) is 39.1 Å². The number of nitrogens with zero attached hydrogens (tertiary/aromatic N) is 3. The predicted molar refractivity (Wildman–Crippen MR) is 81.3 cm³/mol. The van der Waals surface area contributed by atoms with Gasteiger partial charge in [0.05, 0.1) is 11.4 Å². The van der Waals surface area contributed by atoms with Crippen molar-refractivity contribution >= 4 is 0 Å². The van der Waals surface area contributed by atoms with Crippen molar-refractivity contribution in [2.75, 3.05) is 27.2 Å². The van der Waals surface area contributed by atoms with Gasteiger partial charge < -0.3 is 10.2 Å². The maximum atomic E-state index is 4.58. The van der Waals surface area contributed by atoms with Crippen LogP contribution in [-0.2, 0) is 19.5 Å². The molecule has 4 heteroatoms. The predicted octanol–water partition coefficient (Wildman–Crippen LogP) is 2.14. The zero-order chi connectivity index (χ0) is 14.5. The van der Waals surface area contributed by atoms with Crippen molar-refractivity contribution < 1.29 is 0 Å². The third-order valence-corrected chi connectivity index (χ3v) is 3.23. The Labute approximate surface area is 118 Å². The number of aromatic nitrogens is 2. The van der Waals surface area contributed by atoms with Crippen LogP contribution in [0.2, 0.25) is 0 Å². The fourth-order valence-electron chi connectivity index (χ4n) is 2.54. The smallest absolute Gasteiger partial charge is 0.0625 e. The third-order valence-electron chi connectivity index (χ3n) is 3.23. The topological polar surface area (TPSA) is 33.1 Å². The van der Waals surface area contributed by atoms with E-state index in [1.165, 1.54) is 11.4 Å². The molecule has 0 saturated heterocycles. The summed E-state index contributed by atoms with van der Waals surface area (Å²) < 4.78 is 2.10. The lowest BCUT2D eigenvalue weighted by Gasteiger charge is -2.28. The Morgan fingerprint density at radius 2 is 2.00 bits per heavy atom. The van der Waals surface area contributed by atoms with Gasteiger partial charge in [-0.3, -0.25) is 4.68 Å². The number of nitrogens with one attached hydrogen (secondary N) is 1. The van der Waals surface area contributed by atoms with E-state index in [0.29, 0.717) is 0 Å². The summed E-state index contributed by atoms with van der Waals surface area (Å²) in [6.07, 6.45) is 1.01. The molecule has 0 fully saturated rings. The summed E-state index contributed by atoms with van der Waals surface area (Å²) in [5.41, 5.74) is 2.76. The fourth-order valence-corrected chi connectivity index (χ4v) is 2.54. The monoisotopic (exact) mass is 266 g/mol. The molecule has 4 nitrogen and oxygen atoms in total. The fraction of sp³-hybridized carbons (Fsp3) is 0.800. The minimum Gasteiger partial charge on any atom is -0.311 e. The van der Waals surface area contributed by atoms with Crippen molar-refractivity contribution in [3.05, 3.63) is 17.5 Å². The molecule has 0 bridgehead atoms. The molecule has 0 spiro atoms. The highest BCUT2D eigenvalue weighted by Gasteiger charge is 2.18. The average molecular weight is 266 g/mol. The van der Waals surface area contributed by atoms with Crippen molar-refractivity contribution in [3.8, 4) is 0 Å². The maximum Gasteiger partial charge on any atom is 0.0625 e. The first-order chi connectivity index (χ1) is 8.88. The molecule has 1 aromatic heterocycles. The highest BCUT2D eigenvalue weighted by Crippen LogP contribution is 2.14. The lowest BCUT2D eigenvalue weighted by Crippen LogP contribution is -2.37. The molecule has 1 heterocycles. The molecular weight excluding hydrogens is 236 g/mol. The van der Waals surface area contributed by atoms with Gasteiger partial charge in [0.2, 0.25) is 0 Å². The molecule has 0 saturated carbocycles. The Bertz CT molecular complexity index is 379. The molecule has 1 N–H and O–H groups in total. The number of aryl methyl sites for hydroxylation is 2. The molecular formula is C15H30N4. The molecule has 0 aromatic carbocycles. The van der Waals surface area contributed by atoms with Crippen molar-refractivity contribution in [2.45, 2.75) is 47.2 Å². The van der Waals surface area contributed by atoms with Crippen molar-refractivity contribution in [2.24, 2.45) is 5.41 Å². The van der Waals surface area contributed by atoms with E-state index in [9.17, 15) is 0 Å². The minimum atomic E-state index is 0.286. The third kappa shape index (κ3) is 5.33. The number of hydrogen-bond acceptors (Lipinski definition) is 3. The van der Waals surface area contributed by atoms with E-state index >= 15 is 0 Å². The van der Waals surface area contributed by atoms with Crippen LogP contribution in [0, 0.1) is 5.41 Å². The Kier molecular flexibility index (Phi) is 6.01. The first-order valence-corrected chi connectivity index (χ1v) is 7.29. The summed E-state index contributed by atoms with van der Waals surface area (Å²) in [7, 11) is 4.25. The minimum absolute atomic E-state index is 0.286. The standard InChI is InChI=1S/C15H30N4/c1-7-13-9-14(19(8-2)17-13)10-16-11-15(3,4)12-18(5)6/h9,16H,7-8,10-12H2,1-6H3. The summed E-state index contributed by atoms with van der Waals surface area (Å²) in [4.78, 5) is 2.24. The van der Waals surface area contributed by atoms with Crippen LogP contribution in [0.15, 0.2) is 6.07 Å². The van der Waals surface area contributed by atoms with Crippen LogP contribution in [0.3, 0.4) is 0 Å². The highest BCUT2D eigenvalue weighted by atomic mass is 15.3. The second-order valence-electron chi connectivity index (χ2n) is 6.30. The summed E-state index contributed by atoms with van der Waals surface area (Å²) >= 11 is 0. The van der Waals surface area contributed by atoms with Gasteiger partial charge in [0.25, 0.3) is 0 Å². The molecule has 1 aromatic rings. The van der Waals surface area contributed by atoms with Crippen LogP contribution in [0.25, 0.3) is 0 Å². The van der Waals surface area contributed by atoms with E-state index in [1.807, 2.05) is 0 Å². The largest absolute Gasteiger partial charge is 0.311 e. The van der Waals surface area contributed by atoms with Crippen molar-refractivity contribution in [1.82, 2.24) is 20.0 Å². The molecule has 1 rings (SSSR count). The molecule has 0 unspecified atom stereocenters. The molecule has 0 amide bonds. The summed E-state index contributed by atoms with van der Waals surface area (Å²) in [6.45, 7) is 12.8. The van der Waals surface area contributed by atoms with E-state index in [0.717, 1.165) is 32.6 Å². The zero-order valence-corrected chi connectivity index (χ0v) is 13.5. The quantitative estimate of drug-likeness (QED) is 0.782. The molecule has 0 atom stereocenters. The van der Waals surface area contributed by atoms with E-state index in [2.05, 4.69) is 67.9 Å². The summed E-state index contributed by atoms with van der Waals surface area (Å²) in [5, 5.41) is 8.15. The van der Waals surface area contributed by atoms with Crippen LogP contribution in [0.4, 0.5) is 0 Å². The zero-order valence-electron chi connectivity index (χ0n) is 13.5. The van der Waals surface area contributed by atoms with Crippen molar-refractivity contribution in [3.63, 3.8) is 0 Å². The van der Waals surface area contributed by atoms with Gasteiger partial charge in [0, 0.05) is 26.2 Å². The van der Waals surface area contributed by atoms with E-state index in [1.54, 1.807) is 0 Å². The SMILES string of the molecule is CCc1cc(CNCC(C)(C)CN(C)C)n(CC)n1. The number of hydrogen-bond donors (Lipinski definition) is 1. The van der Waals surface area contributed by atoms with Gasteiger partial charge in [-0.1, -0.05) is 20.8 Å². The summed E-state index contributed by atoms with van der Waals surface area (Å²) in [6, 6.07) is 2.22. The maximum absolute atomic E-state index is 4.58. The second-order valence-corrected chi connectivity index (χ2v) is 6.30. The lowest BCUT2D eigenvalue weighted by atomic mass is 9.93. The lowest BCUT2D eigenvalue weighted by molar-refractivity contribution is 0.231. The first-order valence-electron chi connectivity index (χ1n) is 7.29. The van der Waals surface area contributed by atoms with E-state index in [4.69, 9.17) is 0 Å². The molecule has 0 radical (unpaired) electrons. The molecule has 0 aliphatic rings. The van der Waals surface area contributed by atoms with E-state index < -0.39 is 0 Å². The van der Waals surface area contributed by atoms with Crippen LogP contribution < -0.4 is 5.32 Å². The van der Waals surface area contributed by atoms with Gasteiger partial charge in [-0.15, -0.1) is 0 Å². The highest BCUT2D eigenvalue weighted by molar-refractivity contribution is 5.10. The van der Waals surface area contributed by atoms with Gasteiger partial charge in [-0.2, -0.15) is 5.10 Å². The second kappa shape index (κ2) is 7.06. The van der Waals surface area contributed by atoms with Gasteiger partial charge in [-0.05, 0) is 38.9 Å². The van der Waals surface area contributed by atoms with Crippen LogP contribution in [-0.4, -0.2) is 41.9 Å². The van der Waals surface area contributed by atoms with Gasteiger partial charge >= 0.3 is 0 Å². The Balaban J connectivity index is 2.50. The van der Waals surface area contributed by atoms with Crippen LogP contribution >= 0.6 is 0 Å². The Hall–Kier alpha value is -0.870. The number of rotatable bonds is 8. The first kappa shape index (κ1) is 16.2. The summed E-state index contributed by atoms with van der Waals surface area (Å²) in [5.74, 6) is 0. The Morgan fingerprint density at radius 1 is 1.32 bits per heavy atom. The Morgan fingerprint density at radius 3 is 2.53 bits per heavy atom. The molecule has 0 aliphatic heterocycles. The van der Waals surface area contributed by atoms with E-state index in [-0.39, 0.29) is 5.41 Å². The molecule has 110 valence electrons. The average Bonchev–Trinajstić information content (AvgIpc) is 2.69. The molecule has 0 aliphatic carbocycles. The van der Waals surface area contributed by atoms with Gasteiger partial charge in [0.15, 0.2) is 0 Å².